The number of rotatable bonds is 2. The van der Waals surface area contributed by atoms with Gasteiger partial charge in [-0.2, -0.15) is 0 Å². The Kier molecular flexibility index (Phi) is 2.68. The van der Waals surface area contributed by atoms with Crippen LogP contribution in [0.3, 0.4) is 0 Å². The molecular formula is C11H14FNO. The van der Waals surface area contributed by atoms with Gasteiger partial charge in [0.25, 0.3) is 0 Å². The van der Waals surface area contributed by atoms with Gasteiger partial charge in [-0.05, 0) is 25.5 Å². The van der Waals surface area contributed by atoms with E-state index in [0.717, 1.165) is 24.9 Å². The zero-order chi connectivity index (χ0) is 9.97. The summed E-state index contributed by atoms with van der Waals surface area (Å²) < 4.78 is 18.7. The van der Waals surface area contributed by atoms with Crippen molar-refractivity contribution in [2.45, 2.75) is 18.9 Å². The summed E-state index contributed by atoms with van der Waals surface area (Å²) in [5.74, 6) is 0.102. The lowest BCUT2D eigenvalue weighted by Crippen LogP contribution is -2.14. The van der Waals surface area contributed by atoms with Crippen molar-refractivity contribution in [1.82, 2.24) is 5.32 Å². The summed E-state index contributed by atoms with van der Waals surface area (Å²) in [6.07, 6.45) is 2.12. The van der Waals surface area contributed by atoms with Crippen LogP contribution >= 0.6 is 0 Å². The first kappa shape index (κ1) is 9.46. The third-order valence-corrected chi connectivity index (χ3v) is 2.65. The summed E-state index contributed by atoms with van der Waals surface area (Å²) in [4.78, 5) is 0. The maximum Gasteiger partial charge on any atom is 0.169 e. The van der Waals surface area contributed by atoms with Crippen molar-refractivity contribution in [1.29, 1.82) is 0 Å². The number of nitrogens with one attached hydrogen (secondary N) is 1. The Balaban J connectivity index is 2.32. The molecule has 2 nitrogen and oxygen atoms in total. The third-order valence-electron chi connectivity index (χ3n) is 2.65. The van der Waals surface area contributed by atoms with Gasteiger partial charge >= 0.3 is 0 Å². The van der Waals surface area contributed by atoms with Crippen molar-refractivity contribution in [3.8, 4) is 5.75 Å². The van der Waals surface area contributed by atoms with Crippen LogP contribution in [-0.2, 0) is 0 Å². The molecule has 0 spiro atoms. The molecule has 0 radical (unpaired) electrons. The Morgan fingerprint density at radius 2 is 2.36 bits per heavy atom. The van der Waals surface area contributed by atoms with Gasteiger partial charge in [-0.25, -0.2) is 4.39 Å². The summed E-state index contributed by atoms with van der Waals surface area (Å²) in [6.45, 7) is 0.974. The third kappa shape index (κ3) is 1.60. The van der Waals surface area contributed by atoms with E-state index in [2.05, 4.69) is 5.32 Å². The molecule has 76 valence electrons. The minimum absolute atomic E-state index is 0.157. The van der Waals surface area contributed by atoms with Crippen LogP contribution in [0.15, 0.2) is 18.2 Å². The Labute approximate surface area is 83.1 Å². The first-order chi connectivity index (χ1) is 6.83. The monoisotopic (exact) mass is 195 g/mol. The fourth-order valence-electron chi connectivity index (χ4n) is 1.90. The summed E-state index contributed by atoms with van der Waals surface area (Å²) in [5, 5.41) is 3.27. The van der Waals surface area contributed by atoms with E-state index in [1.165, 1.54) is 7.11 Å². The second-order valence-electron chi connectivity index (χ2n) is 3.51. The Morgan fingerprint density at radius 3 is 3.00 bits per heavy atom. The van der Waals surface area contributed by atoms with Gasteiger partial charge in [-0.3, -0.25) is 0 Å². The molecule has 0 bridgehead atoms. The molecule has 0 aromatic heterocycles. The fourth-order valence-corrected chi connectivity index (χ4v) is 1.90. The van der Waals surface area contributed by atoms with Crippen LogP contribution in [0.4, 0.5) is 4.39 Å². The smallest absolute Gasteiger partial charge is 0.169 e. The maximum absolute atomic E-state index is 13.8. The molecule has 1 fully saturated rings. The summed E-state index contributed by atoms with van der Waals surface area (Å²) in [6, 6.07) is 5.45. The number of methoxy groups -OCH3 is 1. The van der Waals surface area contributed by atoms with E-state index in [-0.39, 0.29) is 11.9 Å². The van der Waals surface area contributed by atoms with Gasteiger partial charge < -0.3 is 10.1 Å². The van der Waals surface area contributed by atoms with E-state index in [1.54, 1.807) is 6.07 Å². The van der Waals surface area contributed by atoms with Crippen LogP contribution in [0.25, 0.3) is 0 Å². The zero-order valence-electron chi connectivity index (χ0n) is 8.22. The summed E-state index contributed by atoms with van der Waals surface area (Å²) in [7, 11) is 1.49. The summed E-state index contributed by atoms with van der Waals surface area (Å²) >= 11 is 0. The Hall–Kier alpha value is -1.09. The lowest BCUT2D eigenvalue weighted by Gasteiger charge is -2.13. The predicted molar refractivity (Wildman–Crippen MR) is 52.9 cm³/mol. The largest absolute Gasteiger partial charge is 0.494 e. The van der Waals surface area contributed by atoms with Crippen LogP contribution in [0, 0.1) is 5.82 Å². The van der Waals surface area contributed by atoms with E-state index in [0.29, 0.717) is 5.75 Å². The standard InChI is InChI=1S/C11H14FNO/c1-14-10-6-2-4-8(11(10)12)9-5-3-7-13-9/h2,4,6,9,13H,3,5,7H2,1H3/t9-/m0/s1. The molecule has 0 saturated carbocycles. The molecule has 1 heterocycles. The zero-order valence-corrected chi connectivity index (χ0v) is 8.22. The molecule has 1 aromatic rings. The van der Waals surface area contributed by atoms with Crippen molar-refractivity contribution < 1.29 is 9.13 Å². The highest BCUT2D eigenvalue weighted by molar-refractivity contribution is 5.33. The molecular weight excluding hydrogens is 181 g/mol. The Morgan fingerprint density at radius 1 is 1.50 bits per heavy atom. The van der Waals surface area contributed by atoms with Crippen molar-refractivity contribution in [3.63, 3.8) is 0 Å². The molecule has 1 aromatic carbocycles. The average Bonchev–Trinajstić information content (AvgIpc) is 2.71. The number of ether oxygens (including phenoxy) is 1. The quantitative estimate of drug-likeness (QED) is 0.781. The van der Waals surface area contributed by atoms with Crippen LogP contribution in [0.1, 0.15) is 24.4 Å². The molecule has 1 N–H and O–H groups in total. The van der Waals surface area contributed by atoms with Crippen molar-refractivity contribution >= 4 is 0 Å². The molecule has 0 aliphatic carbocycles. The topological polar surface area (TPSA) is 21.3 Å². The molecule has 14 heavy (non-hydrogen) atoms. The van der Waals surface area contributed by atoms with Crippen molar-refractivity contribution in [3.05, 3.63) is 29.6 Å². The van der Waals surface area contributed by atoms with Gasteiger partial charge in [0.2, 0.25) is 0 Å². The number of halogens is 1. The van der Waals surface area contributed by atoms with Gasteiger partial charge in [0.1, 0.15) is 0 Å². The van der Waals surface area contributed by atoms with Crippen LogP contribution < -0.4 is 10.1 Å². The van der Waals surface area contributed by atoms with Crippen LogP contribution in [0.5, 0.6) is 5.75 Å². The van der Waals surface area contributed by atoms with E-state index in [4.69, 9.17) is 4.74 Å². The van der Waals surface area contributed by atoms with Gasteiger partial charge in [0.15, 0.2) is 11.6 Å². The van der Waals surface area contributed by atoms with Gasteiger partial charge in [-0.15, -0.1) is 0 Å². The highest BCUT2D eigenvalue weighted by atomic mass is 19.1. The Bertz CT molecular complexity index is 321. The first-order valence-corrected chi connectivity index (χ1v) is 4.88. The first-order valence-electron chi connectivity index (χ1n) is 4.88. The molecule has 1 aliphatic rings. The van der Waals surface area contributed by atoms with Gasteiger partial charge in [0, 0.05) is 11.6 Å². The van der Waals surface area contributed by atoms with Crippen molar-refractivity contribution in [2.24, 2.45) is 0 Å². The van der Waals surface area contributed by atoms with Gasteiger partial charge in [0.05, 0.1) is 7.11 Å². The minimum atomic E-state index is -0.227. The SMILES string of the molecule is COc1cccc([C@@H]2CCCN2)c1F. The van der Waals surface area contributed by atoms with E-state index in [9.17, 15) is 4.39 Å². The molecule has 1 aliphatic heterocycles. The predicted octanol–water partition coefficient (Wildman–Crippen LogP) is 2.26. The lowest BCUT2D eigenvalue weighted by molar-refractivity contribution is 0.381. The van der Waals surface area contributed by atoms with E-state index in [1.807, 2.05) is 12.1 Å². The van der Waals surface area contributed by atoms with Crippen LogP contribution in [-0.4, -0.2) is 13.7 Å². The average molecular weight is 195 g/mol. The fraction of sp³-hybridized carbons (Fsp3) is 0.455. The van der Waals surface area contributed by atoms with Gasteiger partial charge in [-0.1, -0.05) is 12.1 Å². The molecule has 1 saturated heterocycles. The minimum Gasteiger partial charge on any atom is -0.494 e. The molecule has 1 atom stereocenters. The highest BCUT2D eigenvalue weighted by Gasteiger charge is 2.20. The normalized spacial score (nSPS) is 21.1. The van der Waals surface area contributed by atoms with Crippen LogP contribution in [0.2, 0.25) is 0 Å². The van der Waals surface area contributed by atoms with E-state index < -0.39 is 0 Å². The lowest BCUT2D eigenvalue weighted by atomic mass is 10.0. The molecule has 2 rings (SSSR count). The highest BCUT2D eigenvalue weighted by Crippen LogP contribution is 2.29. The van der Waals surface area contributed by atoms with E-state index >= 15 is 0 Å². The maximum atomic E-state index is 13.8. The molecule has 0 unspecified atom stereocenters. The second-order valence-corrected chi connectivity index (χ2v) is 3.51. The number of hydrogen-bond donors (Lipinski definition) is 1. The molecule has 3 heteroatoms. The number of benzene rings is 1. The summed E-state index contributed by atoms with van der Waals surface area (Å²) in [5.41, 5.74) is 0.724. The van der Waals surface area contributed by atoms with Crippen molar-refractivity contribution in [2.75, 3.05) is 13.7 Å². The second kappa shape index (κ2) is 3.96. The molecule has 0 amide bonds. The number of hydrogen-bond acceptors (Lipinski definition) is 2.